The van der Waals surface area contributed by atoms with Crippen molar-refractivity contribution in [2.24, 2.45) is 0 Å². The fraction of sp³-hybridized carbons (Fsp3) is 0.818. The zero-order valence-electron chi connectivity index (χ0n) is 9.96. The lowest BCUT2D eigenvalue weighted by atomic mass is 10.4. The summed E-state index contributed by atoms with van der Waals surface area (Å²) in [6.45, 7) is 4.92. The third kappa shape index (κ3) is 4.32. The Balaban J connectivity index is 1.56. The van der Waals surface area contributed by atoms with Crippen LogP contribution in [0.4, 0.5) is 0 Å². The summed E-state index contributed by atoms with van der Waals surface area (Å²) < 4.78 is 5.24. The normalized spacial score (nSPS) is 20.9. The summed E-state index contributed by atoms with van der Waals surface area (Å²) >= 11 is 0. The van der Waals surface area contributed by atoms with Crippen LogP contribution in [-0.4, -0.2) is 57.2 Å². The Hall–Kier alpha value is -1.14. The van der Waals surface area contributed by atoms with Gasteiger partial charge < -0.3 is 20.3 Å². The Morgan fingerprint density at radius 3 is 2.53 bits per heavy atom. The highest BCUT2D eigenvalue weighted by molar-refractivity contribution is 6.35. The summed E-state index contributed by atoms with van der Waals surface area (Å²) in [7, 11) is 0. The Morgan fingerprint density at radius 1 is 1.18 bits per heavy atom. The lowest BCUT2D eigenvalue weighted by Crippen LogP contribution is -3.14. The van der Waals surface area contributed by atoms with Crippen LogP contribution in [-0.2, 0) is 14.3 Å². The molecule has 0 aromatic rings. The predicted molar refractivity (Wildman–Crippen MR) is 60.6 cm³/mol. The smallest absolute Gasteiger partial charge is 0.309 e. The summed E-state index contributed by atoms with van der Waals surface area (Å²) in [5.74, 6) is -1.01. The van der Waals surface area contributed by atoms with E-state index in [-0.39, 0.29) is 6.04 Å². The van der Waals surface area contributed by atoms with Crippen LogP contribution in [0.15, 0.2) is 0 Å². The highest BCUT2D eigenvalue weighted by Gasteiger charge is 2.26. The average molecular weight is 242 g/mol. The molecule has 0 spiro atoms. The lowest BCUT2D eigenvalue weighted by molar-refractivity contribution is -0.906. The van der Waals surface area contributed by atoms with E-state index >= 15 is 0 Å². The van der Waals surface area contributed by atoms with Crippen molar-refractivity contribution in [1.29, 1.82) is 0 Å². The fourth-order valence-electron chi connectivity index (χ4n) is 1.82. The van der Waals surface area contributed by atoms with Gasteiger partial charge in [-0.2, -0.15) is 0 Å². The molecule has 1 saturated carbocycles. The molecule has 2 amide bonds. The number of amides is 2. The van der Waals surface area contributed by atoms with Crippen LogP contribution >= 0.6 is 0 Å². The Kier molecular flexibility index (Phi) is 4.33. The van der Waals surface area contributed by atoms with Crippen LogP contribution in [0.2, 0.25) is 0 Å². The van der Waals surface area contributed by atoms with Crippen molar-refractivity contribution in [2.45, 2.75) is 18.9 Å². The number of nitrogens with one attached hydrogen (secondary N) is 3. The van der Waals surface area contributed by atoms with Crippen LogP contribution < -0.4 is 15.5 Å². The van der Waals surface area contributed by atoms with E-state index in [0.717, 1.165) is 45.7 Å². The molecular weight excluding hydrogens is 222 g/mol. The van der Waals surface area contributed by atoms with Crippen molar-refractivity contribution in [2.75, 3.05) is 39.4 Å². The van der Waals surface area contributed by atoms with Gasteiger partial charge in [0.25, 0.3) is 0 Å². The molecule has 2 fully saturated rings. The Bertz CT molecular complexity index is 286. The van der Waals surface area contributed by atoms with Gasteiger partial charge in [-0.1, -0.05) is 0 Å². The zero-order chi connectivity index (χ0) is 12.1. The van der Waals surface area contributed by atoms with E-state index in [4.69, 9.17) is 4.74 Å². The molecule has 0 radical (unpaired) electrons. The zero-order valence-corrected chi connectivity index (χ0v) is 9.96. The Morgan fingerprint density at radius 2 is 1.88 bits per heavy atom. The molecule has 1 saturated heterocycles. The van der Waals surface area contributed by atoms with Gasteiger partial charge in [0, 0.05) is 6.04 Å². The summed E-state index contributed by atoms with van der Waals surface area (Å²) in [6.07, 6.45) is 1.99. The van der Waals surface area contributed by atoms with E-state index in [1.54, 1.807) is 0 Å². The van der Waals surface area contributed by atoms with Gasteiger partial charge in [-0.05, 0) is 12.8 Å². The second-order valence-corrected chi connectivity index (χ2v) is 4.62. The molecule has 1 aliphatic heterocycles. The highest BCUT2D eigenvalue weighted by Crippen LogP contribution is 2.18. The third-order valence-electron chi connectivity index (χ3n) is 3.08. The van der Waals surface area contributed by atoms with E-state index in [1.165, 1.54) is 4.90 Å². The van der Waals surface area contributed by atoms with Crippen molar-refractivity contribution >= 4 is 11.8 Å². The van der Waals surface area contributed by atoms with Crippen LogP contribution in [0.5, 0.6) is 0 Å². The third-order valence-corrected chi connectivity index (χ3v) is 3.08. The van der Waals surface area contributed by atoms with Crippen molar-refractivity contribution in [1.82, 2.24) is 10.6 Å². The minimum absolute atomic E-state index is 0.234. The maximum atomic E-state index is 11.4. The van der Waals surface area contributed by atoms with Gasteiger partial charge in [0.15, 0.2) is 0 Å². The fourth-order valence-corrected chi connectivity index (χ4v) is 1.82. The molecule has 1 heterocycles. The minimum Gasteiger partial charge on any atom is -0.370 e. The van der Waals surface area contributed by atoms with Crippen LogP contribution in [0.25, 0.3) is 0 Å². The van der Waals surface area contributed by atoms with Gasteiger partial charge in [-0.25, -0.2) is 0 Å². The second kappa shape index (κ2) is 5.97. The van der Waals surface area contributed by atoms with E-state index in [1.807, 2.05) is 0 Å². The standard InChI is InChI=1S/C11H19N3O3/c15-10(11(16)13-9-1-2-9)12-3-4-14-5-7-17-8-6-14/h9H,1-8H2,(H,12,15)(H,13,16)/p+1. The number of hydrogen-bond acceptors (Lipinski definition) is 3. The number of quaternary nitrogens is 1. The van der Waals surface area contributed by atoms with Crippen LogP contribution in [0.3, 0.4) is 0 Å². The molecule has 2 rings (SSSR count). The molecule has 0 atom stereocenters. The number of rotatable bonds is 4. The molecular formula is C11H20N3O3+. The van der Waals surface area contributed by atoms with E-state index in [9.17, 15) is 9.59 Å². The molecule has 3 N–H and O–H groups in total. The first kappa shape index (κ1) is 12.3. The van der Waals surface area contributed by atoms with Gasteiger partial charge in [-0.3, -0.25) is 9.59 Å². The van der Waals surface area contributed by atoms with Crippen molar-refractivity contribution in [3.63, 3.8) is 0 Å². The second-order valence-electron chi connectivity index (χ2n) is 4.62. The van der Waals surface area contributed by atoms with Crippen LogP contribution in [0, 0.1) is 0 Å². The number of carbonyl (C=O) groups is 2. The molecule has 6 heteroatoms. The SMILES string of the molecule is O=C(NCC[NH+]1CCOCC1)C(=O)NC1CC1. The number of carbonyl (C=O) groups excluding carboxylic acids is 2. The Labute approximate surface area is 101 Å². The van der Waals surface area contributed by atoms with E-state index < -0.39 is 11.8 Å². The van der Waals surface area contributed by atoms with Gasteiger partial charge in [0.1, 0.15) is 13.1 Å². The number of hydrogen-bond donors (Lipinski definition) is 3. The molecule has 0 aromatic heterocycles. The molecule has 0 unspecified atom stereocenters. The van der Waals surface area contributed by atoms with E-state index in [0.29, 0.717) is 6.54 Å². The first-order valence-electron chi connectivity index (χ1n) is 6.25. The van der Waals surface area contributed by atoms with E-state index in [2.05, 4.69) is 10.6 Å². The number of morpholine rings is 1. The molecule has 0 aromatic carbocycles. The van der Waals surface area contributed by atoms with Crippen molar-refractivity contribution in [3.8, 4) is 0 Å². The van der Waals surface area contributed by atoms with Gasteiger partial charge in [-0.15, -0.1) is 0 Å². The quantitative estimate of drug-likeness (QED) is 0.470. The largest absolute Gasteiger partial charge is 0.370 e. The molecule has 0 bridgehead atoms. The topological polar surface area (TPSA) is 71.9 Å². The molecule has 17 heavy (non-hydrogen) atoms. The molecule has 2 aliphatic rings. The van der Waals surface area contributed by atoms with Gasteiger partial charge in [0.2, 0.25) is 0 Å². The predicted octanol–water partition coefficient (Wildman–Crippen LogP) is -2.70. The monoisotopic (exact) mass is 242 g/mol. The van der Waals surface area contributed by atoms with Crippen molar-refractivity contribution < 1.29 is 19.2 Å². The molecule has 96 valence electrons. The number of ether oxygens (including phenoxy) is 1. The maximum Gasteiger partial charge on any atom is 0.309 e. The van der Waals surface area contributed by atoms with Gasteiger partial charge in [0.05, 0.1) is 26.3 Å². The first-order chi connectivity index (χ1) is 8.25. The summed E-state index contributed by atoms with van der Waals surface area (Å²) in [6, 6.07) is 0.234. The van der Waals surface area contributed by atoms with Crippen molar-refractivity contribution in [3.05, 3.63) is 0 Å². The van der Waals surface area contributed by atoms with Crippen LogP contribution in [0.1, 0.15) is 12.8 Å². The molecule has 1 aliphatic carbocycles. The lowest BCUT2D eigenvalue weighted by Gasteiger charge is -2.23. The summed E-state index contributed by atoms with van der Waals surface area (Å²) in [5.41, 5.74) is 0. The molecule has 6 nitrogen and oxygen atoms in total. The maximum absolute atomic E-state index is 11.4. The first-order valence-corrected chi connectivity index (χ1v) is 6.25. The summed E-state index contributed by atoms with van der Waals surface area (Å²) in [4.78, 5) is 24.1. The highest BCUT2D eigenvalue weighted by atomic mass is 16.5. The summed E-state index contributed by atoms with van der Waals surface area (Å²) in [5, 5.41) is 5.31. The average Bonchev–Trinajstić information content (AvgIpc) is 3.14. The minimum atomic E-state index is -0.510. The van der Waals surface area contributed by atoms with Gasteiger partial charge >= 0.3 is 11.8 Å².